The highest BCUT2D eigenvalue weighted by molar-refractivity contribution is 8.03. The Hall–Kier alpha value is -4.95. The van der Waals surface area contributed by atoms with Gasteiger partial charge in [0.1, 0.15) is 5.37 Å². The summed E-state index contributed by atoms with van der Waals surface area (Å²) in [5.41, 5.74) is 2.22. The summed E-state index contributed by atoms with van der Waals surface area (Å²) in [6.45, 7) is 0. The fourth-order valence-electron chi connectivity index (χ4n) is 5.94. The number of carbonyl (C=O) groups excluding carboxylic acids is 2. The summed E-state index contributed by atoms with van der Waals surface area (Å²) in [6, 6.07) is 32.8. The number of nitrogens with one attached hydrogen (secondary N) is 1. The van der Waals surface area contributed by atoms with E-state index in [-0.39, 0.29) is 12.3 Å². The highest BCUT2D eigenvalue weighted by Crippen LogP contribution is 2.54. The number of nitrogens with zero attached hydrogens (tertiary/aromatic N) is 2. The maximum Gasteiger partial charge on any atom is 0.331 e. The molecule has 2 unspecified atom stereocenters. The summed E-state index contributed by atoms with van der Waals surface area (Å²) in [5, 5.41) is 14.7. The molecule has 2 amide bonds. The fraction of sp³-hybridized carbons (Fsp3) is 0.143. The predicted molar refractivity (Wildman–Crippen MR) is 167 cm³/mol. The number of pyridine rings is 1. The first-order valence-electron chi connectivity index (χ1n) is 13.9. The number of rotatable bonds is 9. The third-order valence-corrected chi connectivity index (χ3v) is 9.07. The minimum Gasteiger partial charge on any atom is -0.479 e. The number of thioether (sulfide) groups is 1. The van der Waals surface area contributed by atoms with Gasteiger partial charge in [0, 0.05) is 12.1 Å². The number of fused-ring (bicyclic) bond motifs is 1. The molecular weight excluding hydrogens is 558 g/mol. The molecule has 0 aliphatic carbocycles. The zero-order valence-corrected chi connectivity index (χ0v) is 23.9. The molecule has 43 heavy (non-hydrogen) atoms. The molecule has 2 aliphatic heterocycles. The van der Waals surface area contributed by atoms with Crippen molar-refractivity contribution in [2.45, 2.75) is 29.3 Å². The molecule has 0 radical (unpaired) electrons. The lowest BCUT2D eigenvalue weighted by molar-refractivity contribution is -0.169. The zero-order chi connectivity index (χ0) is 29.8. The number of benzene rings is 3. The average Bonchev–Trinajstić information content (AvgIpc) is 3.04. The van der Waals surface area contributed by atoms with Crippen LogP contribution in [0.2, 0.25) is 0 Å². The smallest absolute Gasteiger partial charge is 0.331 e. The Bertz CT molecular complexity index is 1640. The average molecular weight is 588 g/mol. The first-order chi connectivity index (χ1) is 21.0. The molecule has 214 valence electrons. The van der Waals surface area contributed by atoms with Crippen LogP contribution >= 0.6 is 11.8 Å². The van der Waals surface area contributed by atoms with E-state index >= 15 is 0 Å². The maximum absolute atomic E-state index is 14.6. The highest BCUT2D eigenvalue weighted by atomic mass is 32.2. The minimum absolute atomic E-state index is 0.0832. The molecule has 8 heteroatoms. The normalized spacial score (nSPS) is 21.2. The third-order valence-electron chi connectivity index (χ3n) is 7.80. The van der Waals surface area contributed by atoms with Gasteiger partial charge >= 0.3 is 5.97 Å². The van der Waals surface area contributed by atoms with Crippen LogP contribution in [-0.4, -0.2) is 49.7 Å². The van der Waals surface area contributed by atoms with Gasteiger partial charge in [0.05, 0.1) is 12.1 Å². The Labute approximate surface area is 254 Å². The van der Waals surface area contributed by atoms with Crippen molar-refractivity contribution in [1.82, 2.24) is 15.2 Å². The zero-order valence-electron chi connectivity index (χ0n) is 23.1. The summed E-state index contributed by atoms with van der Waals surface area (Å²) < 4.78 is 0. The summed E-state index contributed by atoms with van der Waals surface area (Å²) in [6.07, 6.45) is 5.17. The van der Waals surface area contributed by atoms with Gasteiger partial charge in [-0.25, -0.2) is 4.79 Å². The van der Waals surface area contributed by atoms with E-state index in [1.54, 1.807) is 29.8 Å². The van der Waals surface area contributed by atoms with Gasteiger partial charge in [0.15, 0.2) is 11.6 Å². The topological polar surface area (TPSA) is 99.6 Å². The number of carboxylic acid groups (broad SMARTS) is 1. The van der Waals surface area contributed by atoms with Gasteiger partial charge in [-0.1, -0.05) is 103 Å². The Morgan fingerprint density at radius 3 is 2.07 bits per heavy atom. The maximum atomic E-state index is 14.6. The molecule has 1 fully saturated rings. The standard InChI is InChI=1S/C35H29N3O4S/c39-29(22-24-12-4-1-5-13-24)37-35(30(25-14-6-2-7-15-25)26-16-8-3-9-17-26)33(42)38-31(32(40)41)27(23-43-34(35)38)19-20-28-18-10-11-21-36-28/h1-21,23,30-31,34H,22H2,(H,37,39)(H,40,41)/t31?,34-,35?/m0/s1. The Morgan fingerprint density at radius 1 is 0.884 bits per heavy atom. The number of carbonyl (C=O) groups is 3. The molecule has 2 aliphatic rings. The van der Waals surface area contributed by atoms with Crippen LogP contribution < -0.4 is 5.32 Å². The second kappa shape index (κ2) is 12.1. The number of aliphatic carboxylic acids is 1. The predicted octanol–water partition coefficient (Wildman–Crippen LogP) is 5.28. The molecule has 1 saturated heterocycles. The Morgan fingerprint density at radius 2 is 1.49 bits per heavy atom. The first-order valence-corrected chi connectivity index (χ1v) is 14.9. The number of carboxylic acids is 1. The van der Waals surface area contributed by atoms with E-state index in [9.17, 15) is 19.5 Å². The van der Waals surface area contributed by atoms with Gasteiger partial charge < -0.3 is 15.3 Å². The second-order valence-electron chi connectivity index (χ2n) is 10.5. The number of β-lactam (4-membered cyclic amide) rings is 1. The minimum atomic E-state index is -1.43. The van der Waals surface area contributed by atoms with E-state index in [1.807, 2.05) is 103 Å². The molecule has 6 rings (SSSR count). The van der Waals surface area contributed by atoms with Gasteiger partial charge in [-0.2, -0.15) is 0 Å². The van der Waals surface area contributed by atoms with E-state index in [0.717, 1.165) is 16.7 Å². The Kier molecular flexibility index (Phi) is 7.94. The molecule has 0 spiro atoms. The largest absolute Gasteiger partial charge is 0.479 e. The second-order valence-corrected chi connectivity index (χ2v) is 11.4. The van der Waals surface area contributed by atoms with E-state index < -0.39 is 34.7 Å². The molecule has 3 heterocycles. The lowest BCUT2D eigenvalue weighted by atomic mass is 9.68. The van der Waals surface area contributed by atoms with Crippen molar-refractivity contribution in [2.24, 2.45) is 0 Å². The summed E-state index contributed by atoms with van der Waals surface area (Å²) in [7, 11) is 0. The van der Waals surface area contributed by atoms with Gasteiger partial charge in [-0.15, -0.1) is 11.8 Å². The van der Waals surface area contributed by atoms with Gasteiger partial charge in [-0.05, 0) is 45.9 Å². The first kappa shape index (κ1) is 28.2. The van der Waals surface area contributed by atoms with E-state index in [2.05, 4.69) is 10.3 Å². The highest BCUT2D eigenvalue weighted by Gasteiger charge is 2.69. The molecule has 7 nitrogen and oxygen atoms in total. The fourth-order valence-corrected chi connectivity index (χ4v) is 7.29. The van der Waals surface area contributed by atoms with E-state index in [4.69, 9.17) is 0 Å². The molecule has 3 aromatic carbocycles. The van der Waals surface area contributed by atoms with Gasteiger partial charge in [0.2, 0.25) is 5.91 Å². The lowest BCUT2D eigenvalue weighted by Crippen LogP contribution is -2.84. The SMILES string of the molecule is O=C(Cc1ccccc1)NC1(C(c2ccccc2)c2ccccc2)C(=O)N2C(C(=O)O)C(C=Cc3ccccn3)=CS[C@H]21. The van der Waals surface area contributed by atoms with E-state index in [1.165, 1.54) is 16.7 Å². The van der Waals surface area contributed by atoms with Crippen LogP contribution in [0.25, 0.3) is 6.08 Å². The summed E-state index contributed by atoms with van der Waals surface area (Å²) >= 11 is 1.35. The third kappa shape index (κ3) is 5.37. The molecule has 1 aromatic heterocycles. The van der Waals surface area contributed by atoms with Crippen molar-refractivity contribution in [1.29, 1.82) is 0 Å². The van der Waals surface area contributed by atoms with Crippen molar-refractivity contribution in [2.75, 3.05) is 0 Å². The van der Waals surface area contributed by atoms with Crippen molar-refractivity contribution in [3.63, 3.8) is 0 Å². The van der Waals surface area contributed by atoms with Crippen LogP contribution in [-0.2, 0) is 20.8 Å². The van der Waals surface area contributed by atoms with Gasteiger partial charge in [-0.3, -0.25) is 14.6 Å². The number of hydrogen-bond acceptors (Lipinski definition) is 5. The van der Waals surface area contributed by atoms with Crippen LogP contribution in [0.1, 0.15) is 28.3 Å². The van der Waals surface area contributed by atoms with Crippen LogP contribution in [0, 0.1) is 0 Å². The van der Waals surface area contributed by atoms with Gasteiger partial charge in [0.25, 0.3) is 5.91 Å². The molecule has 4 aromatic rings. The van der Waals surface area contributed by atoms with Crippen molar-refractivity contribution in [3.05, 3.63) is 155 Å². The Balaban J connectivity index is 1.44. The lowest BCUT2D eigenvalue weighted by Gasteiger charge is -2.61. The van der Waals surface area contributed by atoms with Crippen LogP contribution in [0.3, 0.4) is 0 Å². The monoisotopic (exact) mass is 587 g/mol. The molecule has 3 atom stereocenters. The quantitative estimate of drug-likeness (QED) is 0.259. The molecule has 0 saturated carbocycles. The van der Waals surface area contributed by atoms with Crippen LogP contribution in [0.15, 0.2) is 132 Å². The molecule has 2 N–H and O–H groups in total. The van der Waals surface area contributed by atoms with Crippen molar-refractivity contribution >= 4 is 35.6 Å². The number of aromatic nitrogens is 1. The molecular formula is C35H29N3O4S. The number of hydrogen-bond donors (Lipinski definition) is 2. The van der Waals surface area contributed by atoms with Crippen LogP contribution in [0.5, 0.6) is 0 Å². The summed E-state index contributed by atoms with van der Waals surface area (Å²) in [5.74, 6) is -2.46. The van der Waals surface area contributed by atoms with Crippen LogP contribution in [0.4, 0.5) is 0 Å². The van der Waals surface area contributed by atoms with E-state index in [0.29, 0.717) is 11.3 Å². The van der Waals surface area contributed by atoms with Crippen molar-refractivity contribution < 1.29 is 19.5 Å². The van der Waals surface area contributed by atoms with Crippen molar-refractivity contribution in [3.8, 4) is 0 Å². The summed E-state index contributed by atoms with van der Waals surface area (Å²) in [4.78, 5) is 46.7. The molecule has 0 bridgehead atoms. The number of amides is 2.